The number of hydrogen-bond acceptors (Lipinski definition) is 5. The molecule has 1 amide bonds. The molecule has 1 aliphatic heterocycles. The summed E-state index contributed by atoms with van der Waals surface area (Å²) in [6.45, 7) is 3.13. The molecule has 0 aliphatic carbocycles. The lowest BCUT2D eigenvalue weighted by Crippen LogP contribution is -2.62. The number of rotatable bonds is 2. The number of carbonyl (C=O) groups is 1. The molecular weight excluding hydrogens is 238 g/mol. The molecule has 0 saturated carbocycles. The van der Waals surface area contributed by atoms with Gasteiger partial charge in [-0.15, -0.1) is 10.2 Å². The zero-order valence-electron chi connectivity index (χ0n) is 8.36. The third-order valence-corrected chi connectivity index (χ3v) is 3.42. The van der Waals surface area contributed by atoms with Gasteiger partial charge in [-0.3, -0.25) is 4.79 Å². The normalized spacial score (nSPS) is 18.7. The molecule has 0 unspecified atom stereocenters. The first-order chi connectivity index (χ1) is 7.04. The van der Waals surface area contributed by atoms with Crippen LogP contribution in [-0.2, 0) is 4.74 Å². The van der Waals surface area contributed by atoms with Crippen molar-refractivity contribution in [2.24, 2.45) is 0 Å². The summed E-state index contributed by atoms with van der Waals surface area (Å²) in [5.41, 5.74) is -0.218. The van der Waals surface area contributed by atoms with Crippen molar-refractivity contribution in [2.45, 2.75) is 12.5 Å². The van der Waals surface area contributed by atoms with Crippen LogP contribution in [0.5, 0.6) is 0 Å². The molecule has 15 heavy (non-hydrogen) atoms. The fourth-order valence-corrected chi connectivity index (χ4v) is 2.26. The molecule has 0 radical (unpaired) electrons. The first-order valence-electron chi connectivity index (χ1n) is 4.37. The van der Waals surface area contributed by atoms with Crippen LogP contribution < -0.4 is 0 Å². The Bertz CT molecular complexity index is 389. The van der Waals surface area contributed by atoms with Gasteiger partial charge in [0.15, 0.2) is 0 Å². The number of ether oxygens (including phenoxy) is 1. The van der Waals surface area contributed by atoms with E-state index in [4.69, 9.17) is 16.3 Å². The van der Waals surface area contributed by atoms with Crippen LogP contribution in [-0.4, -0.2) is 46.8 Å². The van der Waals surface area contributed by atoms with Crippen molar-refractivity contribution in [1.82, 2.24) is 15.1 Å². The van der Waals surface area contributed by atoms with Gasteiger partial charge in [0.1, 0.15) is 5.60 Å². The molecule has 1 saturated heterocycles. The van der Waals surface area contributed by atoms with E-state index in [-0.39, 0.29) is 16.0 Å². The van der Waals surface area contributed by atoms with E-state index < -0.39 is 0 Å². The van der Waals surface area contributed by atoms with Crippen molar-refractivity contribution in [3.05, 3.63) is 9.47 Å². The van der Waals surface area contributed by atoms with Gasteiger partial charge in [0.25, 0.3) is 5.91 Å². The number of amides is 1. The Morgan fingerprint density at radius 1 is 1.60 bits per heavy atom. The van der Waals surface area contributed by atoms with Crippen molar-refractivity contribution in [1.29, 1.82) is 0 Å². The Balaban J connectivity index is 2.00. The van der Waals surface area contributed by atoms with E-state index in [0.29, 0.717) is 18.1 Å². The highest BCUT2D eigenvalue weighted by Crippen LogP contribution is 2.26. The van der Waals surface area contributed by atoms with Gasteiger partial charge in [-0.1, -0.05) is 11.3 Å². The molecule has 0 atom stereocenters. The lowest BCUT2D eigenvalue weighted by molar-refractivity contribution is -0.0947. The Morgan fingerprint density at radius 3 is 2.73 bits per heavy atom. The van der Waals surface area contributed by atoms with Gasteiger partial charge >= 0.3 is 0 Å². The van der Waals surface area contributed by atoms with Crippen LogP contribution in [0.15, 0.2) is 0 Å². The summed E-state index contributed by atoms with van der Waals surface area (Å²) in [6.07, 6.45) is 0. The minimum atomic E-state index is -0.218. The zero-order chi connectivity index (χ0) is 11.1. The molecule has 7 heteroatoms. The first-order valence-corrected chi connectivity index (χ1v) is 5.57. The van der Waals surface area contributed by atoms with Gasteiger partial charge in [0.05, 0.1) is 13.1 Å². The van der Waals surface area contributed by atoms with Crippen LogP contribution in [0.2, 0.25) is 4.47 Å². The van der Waals surface area contributed by atoms with E-state index in [2.05, 4.69) is 10.2 Å². The molecule has 82 valence electrons. The van der Waals surface area contributed by atoms with Gasteiger partial charge in [0.2, 0.25) is 9.47 Å². The second-order valence-corrected chi connectivity index (χ2v) is 5.24. The van der Waals surface area contributed by atoms with Gasteiger partial charge < -0.3 is 9.64 Å². The zero-order valence-corrected chi connectivity index (χ0v) is 9.93. The van der Waals surface area contributed by atoms with Crippen molar-refractivity contribution in [3.63, 3.8) is 0 Å². The maximum atomic E-state index is 11.8. The molecule has 5 nitrogen and oxygen atoms in total. The monoisotopic (exact) mass is 247 g/mol. The largest absolute Gasteiger partial charge is 0.375 e. The fraction of sp³-hybridized carbons (Fsp3) is 0.625. The maximum Gasteiger partial charge on any atom is 0.285 e. The SMILES string of the molecule is COC1(C)CN(C(=O)c2nnc(Cl)s2)C1. The summed E-state index contributed by atoms with van der Waals surface area (Å²) in [4.78, 5) is 13.4. The van der Waals surface area contributed by atoms with Gasteiger partial charge in [-0.25, -0.2) is 0 Å². The molecule has 1 fully saturated rings. The number of methoxy groups -OCH3 is 1. The third-order valence-electron chi connectivity index (χ3n) is 2.41. The van der Waals surface area contributed by atoms with E-state index in [9.17, 15) is 4.79 Å². The van der Waals surface area contributed by atoms with Crippen molar-refractivity contribution < 1.29 is 9.53 Å². The van der Waals surface area contributed by atoms with Crippen LogP contribution in [0, 0.1) is 0 Å². The Labute approximate surface area is 96.0 Å². The molecule has 0 aromatic carbocycles. The third kappa shape index (κ3) is 1.97. The van der Waals surface area contributed by atoms with Crippen molar-refractivity contribution in [2.75, 3.05) is 20.2 Å². The second kappa shape index (κ2) is 3.70. The number of aromatic nitrogens is 2. The van der Waals surface area contributed by atoms with E-state index >= 15 is 0 Å². The van der Waals surface area contributed by atoms with E-state index in [0.717, 1.165) is 11.3 Å². The number of carbonyl (C=O) groups excluding carboxylic acids is 1. The predicted octanol–water partition coefficient (Wildman–Crippen LogP) is 1.05. The molecule has 2 heterocycles. The summed E-state index contributed by atoms with van der Waals surface area (Å²) in [7, 11) is 1.64. The molecule has 1 aromatic rings. The topological polar surface area (TPSA) is 55.3 Å². The van der Waals surface area contributed by atoms with E-state index in [1.165, 1.54) is 0 Å². The molecule has 1 aromatic heterocycles. The lowest BCUT2D eigenvalue weighted by Gasteiger charge is -2.46. The highest BCUT2D eigenvalue weighted by atomic mass is 35.5. The Morgan fingerprint density at radius 2 is 2.27 bits per heavy atom. The molecule has 2 rings (SSSR count). The maximum absolute atomic E-state index is 11.8. The molecular formula is C8H10ClN3O2S. The predicted molar refractivity (Wildman–Crippen MR) is 56.2 cm³/mol. The summed E-state index contributed by atoms with van der Waals surface area (Å²) in [6, 6.07) is 0. The molecule has 0 N–H and O–H groups in total. The summed E-state index contributed by atoms with van der Waals surface area (Å²) >= 11 is 6.70. The Hall–Kier alpha value is -0.720. The second-order valence-electron chi connectivity index (χ2n) is 3.68. The number of halogens is 1. The first kappa shape index (κ1) is 10.8. The quantitative estimate of drug-likeness (QED) is 0.784. The smallest absolute Gasteiger partial charge is 0.285 e. The number of hydrogen-bond donors (Lipinski definition) is 0. The van der Waals surface area contributed by atoms with E-state index in [1.54, 1.807) is 12.0 Å². The minimum absolute atomic E-state index is 0.131. The molecule has 1 aliphatic rings. The minimum Gasteiger partial charge on any atom is -0.375 e. The van der Waals surface area contributed by atoms with Gasteiger partial charge in [-0.05, 0) is 18.5 Å². The van der Waals surface area contributed by atoms with Gasteiger partial charge in [0, 0.05) is 7.11 Å². The summed E-state index contributed by atoms with van der Waals surface area (Å²) in [5.74, 6) is -0.131. The lowest BCUT2D eigenvalue weighted by atomic mass is 9.96. The average molecular weight is 248 g/mol. The average Bonchev–Trinajstić information content (AvgIpc) is 2.59. The number of nitrogens with zero attached hydrogens (tertiary/aromatic N) is 3. The standard InChI is InChI=1S/C8H10ClN3O2S/c1-8(14-2)3-12(4-8)6(13)5-10-11-7(9)15-5/h3-4H2,1-2H3. The van der Waals surface area contributed by atoms with Crippen LogP contribution in [0.3, 0.4) is 0 Å². The van der Waals surface area contributed by atoms with Crippen molar-refractivity contribution >= 4 is 28.8 Å². The molecule has 0 spiro atoms. The Kier molecular flexibility index (Phi) is 2.66. The highest BCUT2D eigenvalue weighted by molar-refractivity contribution is 7.17. The van der Waals surface area contributed by atoms with Gasteiger partial charge in [-0.2, -0.15) is 0 Å². The van der Waals surface area contributed by atoms with Crippen molar-refractivity contribution in [3.8, 4) is 0 Å². The fourth-order valence-electron chi connectivity index (χ4n) is 1.46. The van der Waals surface area contributed by atoms with Crippen LogP contribution >= 0.6 is 22.9 Å². The summed E-state index contributed by atoms with van der Waals surface area (Å²) in [5, 5.41) is 7.62. The van der Waals surface area contributed by atoms with E-state index in [1.807, 2.05) is 6.92 Å². The number of likely N-dealkylation sites (tertiary alicyclic amines) is 1. The van der Waals surface area contributed by atoms with Crippen LogP contribution in [0.4, 0.5) is 0 Å². The molecule has 0 bridgehead atoms. The van der Waals surface area contributed by atoms with Crippen LogP contribution in [0.1, 0.15) is 16.7 Å². The van der Waals surface area contributed by atoms with Crippen LogP contribution in [0.25, 0.3) is 0 Å². The summed E-state index contributed by atoms with van der Waals surface area (Å²) < 4.78 is 5.53. The highest BCUT2D eigenvalue weighted by Gasteiger charge is 2.42.